The summed E-state index contributed by atoms with van der Waals surface area (Å²) in [6, 6.07) is 8.76. The molecule has 23 heavy (non-hydrogen) atoms. The number of anilines is 1. The van der Waals surface area contributed by atoms with Gasteiger partial charge in [-0.3, -0.25) is 0 Å². The zero-order valence-electron chi connectivity index (χ0n) is 11.7. The van der Waals surface area contributed by atoms with E-state index < -0.39 is 11.7 Å². The van der Waals surface area contributed by atoms with Crippen molar-refractivity contribution < 1.29 is 13.2 Å². The highest BCUT2D eigenvalue weighted by Gasteiger charge is 2.30. The van der Waals surface area contributed by atoms with Crippen LogP contribution in [-0.4, -0.2) is 12.0 Å². The van der Waals surface area contributed by atoms with Crippen molar-refractivity contribution in [1.82, 2.24) is 4.98 Å². The molecule has 0 aliphatic carbocycles. The van der Waals surface area contributed by atoms with Crippen molar-refractivity contribution in [3.63, 3.8) is 0 Å². The van der Waals surface area contributed by atoms with Crippen molar-refractivity contribution in [2.75, 3.05) is 12.8 Å². The minimum atomic E-state index is -4.45. The molecule has 0 aliphatic rings. The summed E-state index contributed by atoms with van der Waals surface area (Å²) in [5.74, 6) is -0.0190. The first-order chi connectivity index (χ1) is 10.8. The molecule has 0 unspecified atom stereocenters. The van der Waals surface area contributed by atoms with Crippen LogP contribution in [0, 0.1) is 17.4 Å². The molecule has 0 spiro atoms. The summed E-state index contributed by atoms with van der Waals surface area (Å²) >= 11 is 5.91. The van der Waals surface area contributed by atoms with E-state index in [0.29, 0.717) is 5.56 Å². The van der Waals surface area contributed by atoms with Gasteiger partial charge in [0.2, 0.25) is 0 Å². The molecule has 0 fully saturated rings. The van der Waals surface area contributed by atoms with Crippen molar-refractivity contribution in [3.05, 3.63) is 51.0 Å². The predicted octanol–water partition coefficient (Wildman–Crippen LogP) is 4.19. The fraction of sp³-hybridized carbons (Fsp3) is 0.133. The van der Waals surface area contributed by atoms with E-state index in [0.717, 1.165) is 12.1 Å². The number of pyridine rings is 1. The zero-order chi connectivity index (χ0) is 17.2. The maximum atomic E-state index is 12.7. The number of halogens is 4. The number of hydrogen-bond donors (Lipinski definition) is 1. The normalized spacial score (nSPS) is 10.6. The van der Waals surface area contributed by atoms with Crippen molar-refractivity contribution in [3.8, 4) is 23.3 Å². The standard InChI is InChI=1S/C15H8ClF3N4/c1-22-7-11-12(10(6-20)13(16)23-14(11)21)8-2-4-9(5-3-8)15(17,18)19/h2-5,21H,1H3/p+1. The van der Waals surface area contributed by atoms with Crippen LogP contribution in [0.25, 0.3) is 16.0 Å². The lowest BCUT2D eigenvalue weighted by molar-refractivity contribution is -0.137. The van der Waals surface area contributed by atoms with Crippen LogP contribution in [0.1, 0.15) is 16.7 Å². The van der Waals surface area contributed by atoms with E-state index in [1.165, 1.54) is 19.2 Å². The van der Waals surface area contributed by atoms with Crippen molar-refractivity contribution in [2.24, 2.45) is 0 Å². The van der Waals surface area contributed by atoms with E-state index in [-0.39, 0.29) is 27.7 Å². The maximum absolute atomic E-state index is 12.7. The molecule has 0 aliphatic heterocycles. The minimum Gasteiger partial charge on any atom is -0.382 e. The molecule has 1 heterocycles. The summed E-state index contributed by atoms with van der Waals surface area (Å²) in [6.45, 7) is 0. The van der Waals surface area contributed by atoms with Crippen molar-refractivity contribution >= 4 is 17.4 Å². The highest BCUT2D eigenvalue weighted by Crippen LogP contribution is 2.36. The molecule has 0 radical (unpaired) electrons. The first-order valence-corrected chi connectivity index (χ1v) is 6.59. The van der Waals surface area contributed by atoms with Gasteiger partial charge in [0.1, 0.15) is 17.0 Å². The Bertz CT molecular complexity index is 856. The number of rotatable bonds is 1. The van der Waals surface area contributed by atoms with Crippen LogP contribution in [0.3, 0.4) is 0 Å². The molecule has 0 amide bonds. The first-order valence-electron chi connectivity index (χ1n) is 6.21. The summed E-state index contributed by atoms with van der Waals surface area (Å²) in [6.07, 6.45) is -4.45. The number of hydrogen-bond acceptors (Lipinski definition) is 3. The third-order valence-corrected chi connectivity index (χ3v) is 3.29. The monoisotopic (exact) mass is 337 g/mol. The Labute approximate surface area is 134 Å². The molecule has 0 saturated heterocycles. The van der Waals surface area contributed by atoms with Gasteiger partial charge in [-0.2, -0.15) is 18.4 Å². The van der Waals surface area contributed by atoms with Gasteiger partial charge in [-0.15, -0.1) is 0 Å². The van der Waals surface area contributed by atoms with E-state index in [1.54, 1.807) is 0 Å². The number of nitrogen functional groups attached to an aromatic ring is 1. The highest BCUT2D eigenvalue weighted by molar-refractivity contribution is 6.31. The van der Waals surface area contributed by atoms with Gasteiger partial charge in [0.25, 0.3) is 7.05 Å². The Kier molecular flexibility index (Phi) is 4.44. The molecule has 4 nitrogen and oxygen atoms in total. The van der Waals surface area contributed by atoms with E-state index in [9.17, 15) is 18.4 Å². The van der Waals surface area contributed by atoms with Gasteiger partial charge in [-0.1, -0.05) is 28.6 Å². The lowest BCUT2D eigenvalue weighted by atomic mass is 9.96. The Morgan fingerprint density at radius 1 is 1.22 bits per heavy atom. The smallest absolute Gasteiger partial charge is 0.382 e. The summed E-state index contributed by atoms with van der Waals surface area (Å²) in [4.78, 5) is 7.54. The zero-order valence-corrected chi connectivity index (χ0v) is 12.5. The van der Waals surface area contributed by atoms with E-state index >= 15 is 0 Å². The van der Waals surface area contributed by atoms with Crippen LogP contribution in [0.2, 0.25) is 5.15 Å². The molecule has 1 aromatic heterocycles. The third-order valence-electron chi connectivity index (χ3n) is 3.02. The fourth-order valence-corrected chi connectivity index (χ4v) is 2.24. The number of nitrogens with two attached hydrogens (primary N) is 1. The molecule has 2 N–H and O–H groups in total. The van der Waals surface area contributed by atoms with Crippen LogP contribution < -0.4 is 5.73 Å². The second-order valence-corrected chi connectivity index (χ2v) is 4.79. The average Bonchev–Trinajstić information content (AvgIpc) is 2.49. The largest absolute Gasteiger partial charge is 0.416 e. The van der Waals surface area contributed by atoms with Crippen LogP contribution in [0.15, 0.2) is 24.3 Å². The van der Waals surface area contributed by atoms with Crippen molar-refractivity contribution in [1.29, 1.82) is 5.26 Å². The minimum absolute atomic E-state index is 0.00762. The topological polar surface area (TPSA) is 67.1 Å². The van der Waals surface area contributed by atoms with Crippen LogP contribution in [-0.2, 0) is 6.18 Å². The molecule has 8 heteroatoms. The highest BCUT2D eigenvalue weighted by atomic mass is 35.5. The Morgan fingerprint density at radius 3 is 2.30 bits per heavy atom. The lowest BCUT2D eigenvalue weighted by Crippen LogP contribution is -2.05. The number of nitriles is 1. The van der Waals surface area contributed by atoms with Gasteiger partial charge in [0.05, 0.1) is 11.1 Å². The fourth-order valence-electron chi connectivity index (χ4n) is 2.02. The Morgan fingerprint density at radius 2 is 1.83 bits per heavy atom. The maximum Gasteiger partial charge on any atom is 0.416 e. The Hall–Kier alpha value is -2.77. The van der Waals surface area contributed by atoms with Crippen molar-refractivity contribution in [2.45, 2.75) is 6.18 Å². The molecule has 0 saturated carbocycles. The SMILES string of the molecule is C[N+]#Cc1c(N)nc(Cl)c(C#N)c1-c1ccc(C(F)(F)F)cc1. The van der Waals surface area contributed by atoms with E-state index in [4.69, 9.17) is 17.3 Å². The summed E-state index contributed by atoms with van der Waals surface area (Å²) in [5, 5.41) is 9.14. The molecule has 2 aromatic rings. The van der Waals surface area contributed by atoms with E-state index in [1.807, 2.05) is 6.07 Å². The summed E-state index contributed by atoms with van der Waals surface area (Å²) in [7, 11) is 1.44. The second kappa shape index (κ2) is 6.15. The van der Waals surface area contributed by atoms with Crippen LogP contribution in [0.5, 0.6) is 0 Å². The number of nitrogens with zero attached hydrogens (tertiary/aromatic N) is 3. The lowest BCUT2D eigenvalue weighted by Gasteiger charge is -2.11. The quantitative estimate of drug-likeness (QED) is 0.793. The number of benzene rings is 1. The first kappa shape index (κ1) is 16.6. The molecular weight excluding hydrogens is 329 g/mol. The Balaban J connectivity index is 2.75. The number of aromatic nitrogens is 1. The molecule has 0 atom stereocenters. The molecule has 1 aromatic carbocycles. The van der Waals surface area contributed by atoms with Gasteiger partial charge in [-0.05, 0) is 17.7 Å². The summed E-state index contributed by atoms with van der Waals surface area (Å²) < 4.78 is 38.0. The van der Waals surface area contributed by atoms with Gasteiger partial charge >= 0.3 is 12.2 Å². The molecule has 0 bridgehead atoms. The summed E-state index contributed by atoms with van der Waals surface area (Å²) in [5.41, 5.74) is 5.72. The molecule has 116 valence electrons. The van der Waals surface area contributed by atoms with Gasteiger partial charge in [0.15, 0.2) is 5.56 Å². The average molecular weight is 338 g/mol. The second-order valence-electron chi connectivity index (χ2n) is 4.44. The van der Waals surface area contributed by atoms with Gasteiger partial charge < -0.3 is 5.73 Å². The molecular formula is C15H9ClF3N4+. The van der Waals surface area contributed by atoms with E-state index in [2.05, 4.69) is 15.9 Å². The van der Waals surface area contributed by atoms with Gasteiger partial charge in [0, 0.05) is 5.56 Å². The van der Waals surface area contributed by atoms with Crippen LogP contribution in [0.4, 0.5) is 19.0 Å². The van der Waals surface area contributed by atoms with Crippen LogP contribution >= 0.6 is 11.6 Å². The predicted molar refractivity (Wildman–Crippen MR) is 81.1 cm³/mol. The third kappa shape index (κ3) is 3.20. The molecule has 2 rings (SSSR count). The van der Waals surface area contributed by atoms with Gasteiger partial charge in [-0.25, -0.2) is 4.98 Å². The number of alkyl halides is 3.